The SMILES string of the molecule is O=C(c1ccoc1)N1CCC(C(=O)N2CCCC2Cc2ccccc2)CC1. The first kappa shape index (κ1) is 17.8. The first-order valence-corrected chi connectivity index (χ1v) is 9.88. The van der Waals surface area contributed by atoms with Crippen LogP contribution in [0.4, 0.5) is 0 Å². The first-order valence-electron chi connectivity index (χ1n) is 9.88. The number of benzene rings is 1. The lowest BCUT2D eigenvalue weighted by molar-refractivity contribution is -0.137. The Morgan fingerprint density at radius 2 is 1.78 bits per heavy atom. The molecule has 0 saturated carbocycles. The molecule has 1 atom stereocenters. The second kappa shape index (κ2) is 7.99. The van der Waals surface area contributed by atoms with Gasteiger partial charge in [-0.15, -0.1) is 0 Å². The summed E-state index contributed by atoms with van der Waals surface area (Å²) in [5.41, 5.74) is 1.88. The van der Waals surface area contributed by atoms with E-state index in [1.807, 2.05) is 11.0 Å². The van der Waals surface area contributed by atoms with Gasteiger partial charge in [0.2, 0.25) is 5.91 Å². The average Bonchev–Trinajstić information content (AvgIpc) is 3.40. The molecule has 2 fully saturated rings. The Morgan fingerprint density at radius 1 is 1.00 bits per heavy atom. The topological polar surface area (TPSA) is 53.8 Å². The fourth-order valence-corrected chi connectivity index (χ4v) is 4.36. The normalized spacial score (nSPS) is 20.8. The van der Waals surface area contributed by atoms with E-state index in [2.05, 4.69) is 29.2 Å². The molecular formula is C22H26N2O3. The molecule has 4 rings (SSSR count). The highest BCUT2D eigenvalue weighted by Gasteiger charge is 2.35. The maximum Gasteiger partial charge on any atom is 0.257 e. The quantitative estimate of drug-likeness (QED) is 0.834. The number of furan rings is 1. The smallest absolute Gasteiger partial charge is 0.257 e. The number of likely N-dealkylation sites (tertiary alicyclic amines) is 2. The van der Waals surface area contributed by atoms with Gasteiger partial charge in [-0.1, -0.05) is 30.3 Å². The summed E-state index contributed by atoms with van der Waals surface area (Å²) in [5.74, 6) is 0.316. The van der Waals surface area contributed by atoms with Crippen LogP contribution in [0.25, 0.3) is 0 Å². The average molecular weight is 366 g/mol. The van der Waals surface area contributed by atoms with Crippen LogP contribution in [0.5, 0.6) is 0 Å². The maximum atomic E-state index is 13.1. The van der Waals surface area contributed by atoms with Gasteiger partial charge in [-0.2, -0.15) is 0 Å². The number of carbonyl (C=O) groups is 2. The molecule has 5 heteroatoms. The predicted molar refractivity (Wildman–Crippen MR) is 102 cm³/mol. The molecule has 2 aliphatic heterocycles. The van der Waals surface area contributed by atoms with E-state index in [-0.39, 0.29) is 17.7 Å². The monoisotopic (exact) mass is 366 g/mol. The highest BCUT2D eigenvalue weighted by atomic mass is 16.3. The van der Waals surface area contributed by atoms with Gasteiger partial charge in [-0.25, -0.2) is 0 Å². The Bertz CT molecular complexity index is 764. The molecule has 3 heterocycles. The van der Waals surface area contributed by atoms with Crippen LogP contribution in [-0.4, -0.2) is 47.3 Å². The van der Waals surface area contributed by atoms with E-state index >= 15 is 0 Å². The van der Waals surface area contributed by atoms with E-state index in [4.69, 9.17) is 4.42 Å². The van der Waals surface area contributed by atoms with Gasteiger partial charge in [0.25, 0.3) is 5.91 Å². The van der Waals surface area contributed by atoms with Gasteiger partial charge >= 0.3 is 0 Å². The lowest BCUT2D eigenvalue weighted by atomic mass is 9.94. The Hall–Kier alpha value is -2.56. The number of nitrogens with zero attached hydrogens (tertiary/aromatic N) is 2. The summed E-state index contributed by atoms with van der Waals surface area (Å²) < 4.78 is 5.01. The van der Waals surface area contributed by atoms with Crippen LogP contribution in [-0.2, 0) is 11.2 Å². The van der Waals surface area contributed by atoms with Crippen LogP contribution in [0.2, 0.25) is 0 Å². The van der Waals surface area contributed by atoms with Crippen molar-refractivity contribution in [3.05, 3.63) is 60.1 Å². The van der Waals surface area contributed by atoms with Gasteiger partial charge in [-0.3, -0.25) is 9.59 Å². The van der Waals surface area contributed by atoms with Gasteiger partial charge in [0.1, 0.15) is 6.26 Å². The van der Waals surface area contributed by atoms with Crippen molar-refractivity contribution >= 4 is 11.8 Å². The largest absolute Gasteiger partial charge is 0.472 e. The van der Waals surface area contributed by atoms with Crippen LogP contribution in [0.15, 0.2) is 53.3 Å². The predicted octanol–water partition coefficient (Wildman–Crippen LogP) is 3.37. The van der Waals surface area contributed by atoms with Crippen LogP contribution >= 0.6 is 0 Å². The molecule has 27 heavy (non-hydrogen) atoms. The maximum absolute atomic E-state index is 13.1. The van der Waals surface area contributed by atoms with Crippen molar-refractivity contribution in [2.45, 2.75) is 38.1 Å². The van der Waals surface area contributed by atoms with Crippen molar-refractivity contribution in [2.24, 2.45) is 5.92 Å². The third-order valence-corrected chi connectivity index (χ3v) is 5.87. The molecule has 2 aromatic rings. The Kier molecular flexibility index (Phi) is 5.28. The number of rotatable bonds is 4. The molecule has 142 valence electrons. The van der Waals surface area contributed by atoms with Crippen molar-refractivity contribution in [3.63, 3.8) is 0 Å². The first-order chi connectivity index (χ1) is 13.2. The number of amides is 2. The summed E-state index contributed by atoms with van der Waals surface area (Å²) in [6, 6.07) is 12.4. The minimum Gasteiger partial charge on any atom is -0.472 e. The molecule has 1 unspecified atom stereocenters. The third kappa shape index (κ3) is 3.92. The molecule has 2 aliphatic rings. The molecule has 0 bridgehead atoms. The minimum atomic E-state index is -0.00206. The Morgan fingerprint density at radius 3 is 2.48 bits per heavy atom. The van der Waals surface area contributed by atoms with Crippen LogP contribution in [0, 0.1) is 5.92 Å². The van der Waals surface area contributed by atoms with Gasteiger partial charge in [0, 0.05) is 31.6 Å². The second-order valence-electron chi connectivity index (χ2n) is 7.60. The molecule has 1 aromatic carbocycles. The standard InChI is InChI=1S/C22H26N2O3/c25-21(19-10-14-27-16-19)23-12-8-18(9-13-23)22(26)24-11-4-7-20(24)15-17-5-2-1-3-6-17/h1-3,5-6,10,14,16,18,20H,4,7-9,11-13,15H2. The molecular weight excluding hydrogens is 340 g/mol. The molecule has 1 aromatic heterocycles. The molecule has 2 saturated heterocycles. The Balaban J connectivity index is 1.34. The molecule has 5 nitrogen and oxygen atoms in total. The second-order valence-corrected chi connectivity index (χ2v) is 7.60. The third-order valence-electron chi connectivity index (χ3n) is 5.87. The summed E-state index contributed by atoms with van der Waals surface area (Å²) in [6.45, 7) is 2.14. The highest BCUT2D eigenvalue weighted by molar-refractivity contribution is 5.94. The van der Waals surface area contributed by atoms with Crippen molar-refractivity contribution < 1.29 is 14.0 Å². The summed E-state index contributed by atoms with van der Waals surface area (Å²) in [5, 5.41) is 0. The summed E-state index contributed by atoms with van der Waals surface area (Å²) in [4.78, 5) is 29.5. The van der Waals surface area contributed by atoms with Crippen molar-refractivity contribution in [3.8, 4) is 0 Å². The molecule has 0 spiro atoms. The van der Waals surface area contributed by atoms with Crippen LogP contribution in [0.3, 0.4) is 0 Å². The zero-order valence-electron chi connectivity index (χ0n) is 15.5. The highest BCUT2D eigenvalue weighted by Crippen LogP contribution is 2.27. The zero-order valence-corrected chi connectivity index (χ0v) is 15.5. The number of carbonyl (C=O) groups excluding carboxylic acids is 2. The number of hydrogen-bond acceptors (Lipinski definition) is 3. The fraction of sp³-hybridized carbons (Fsp3) is 0.455. The van der Waals surface area contributed by atoms with E-state index in [9.17, 15) is 9.59 Å². The van der Waals surface area contributed by atoms with Crippen molar-refractivity contribution in [2.75, 3.05) is 19.6 Å². The van der Waals surface area contributed by atoms with Gasteiger partial charge in [-0.05, 0) is 43.7 Å². The zero-order chi connectivity index (χ0) is 18.6. The van der Waals surface area contributed by atoms with Gasteiger partial charge in [0.05, 0.1) is 11.8 Å². The minimum absolute atomic E-state index is 0.00206. The summed E-state index contributed by atoms with van der Waals surface area (Å²) in [7, 11) is 0. The van der Waals surface area contributed by atoms with E-state index in [1.165, 1.54) is 18.1 Å². The van der Waals surface area contributed by atoms with E-state index in [0.717, 1.165) is 38.6 Å². The summed E-state index contributed by atoms with van der Waals surface area (Å²) in [6.07, 6.45) is 7.60. The van der Waals surface area contributed by atoms with Gasteiger partial charge < -0.3 is 14.2 Å². The molecule has 0 radical (unpaired) electrons. The van der Waals surface area contributed by atoms with E-state index < -0.39 is 0 Å². The van der Waals surface area contributed by atoms with Crippen molar-refractivity contribution in [1.29, 1.82) is 0 Å². The van der Waals surface area contributed by atoms with E-state index in [0.29, 0.717) is 24.7 Å². The van der Waals surface area contributed by atoms with Crippen LogP contribution in [0.1, 0.15) is 41.6 Å². The Labute approximate surface area is 159 Å². The lowest BCUT2D eigenvalue weighted by Crippen LogP contribution is -2.46. The molecule has 0 aliphatic carbocycles. The lowest BCUT2D eigenvalue weighted by Gasteiger charge is -2.35. The number of piperidine rings is 1. The molecule has 2 amide bonds. The van der Waals surface area contributed by atoms with E-state index in [1.54, 1.807) is 6.07 Å². The fourth-order valence-electron chi connectivity index (χ4n) is 4.36. The number of hydrogen-bond donors (Lipinski definition) is 0. The van der Waals surface area contributed by atoms with Crippen LogP contribution < -0.4 is 0 Å². The molecule has 0 N–H and O–H groups in total. The van der Waals surface area contributed by atoms with Crippen molar-refractivity contribution in [1.82, 2.24) is 9.80 Å². The van der Waals surface area contributed by atoms with Gasteiger partial charge in [0.15, 0.2) is 0 Å². The summed E-state index contributed by atoms with van der Waals surface area (Å²) >= 11 is 0.